The van der Waals surface area contributed by atoms with Crippen molar-refractivity contribution < 1.29 is 0 Å². The van der Waals surface area contributed by atoms with E-state index in [-0.39, 0.29) is 0 Å². The lowest BCUT2D eigenvalue weighted by atomic mass is 9.76. The van der Waals surface area contributed by atoms with E-state index < -0.39 is 0 Å². The third-order valence-electron chi connectivity index (χ3n) is 5.60. The van der Waals surface area contributed by atoms with E-state index in [0.29, 0.717) is 0 Å². The van der Waals surface area contributed by atoms with Gasteiger partial charge in [-0.3, -0.25) is 0 Å². The maximum absolute atomic E-state index is 3.61. The summed E-state index contributed by atoms with van der Waals surface area (Å²) in [6, 6.07) is 0.772. The van der Waals surface area contributed by atoms with Crippen molar-refractivity contribution in [3.8, 4) is 0 Å². The summed E-state index contributed by atoms with van der Waals surface area (Å²) < 4.78 is 0. The second-order valence-corrected chi connectivity index (χ2v) is 7.19. The molecule has 0 aromatic heterocycles. The lowest BCUT2D eigenvalue weighted by Crippen LogP contribution is -2.45. The molecule has 1 saturated carbocycles. The summed E-state index contributed by atoms with van der Waals surface area (Å²) in [7, 11) is 2.17. The molecule has 20 heavy (non-hydrogen) atoms. The average Bonchev–Trinajstić information content (AvgIpc) is 2.42. The largest absolute Gasteiger partial charge is 0.317 e. The standard InChI is InChI=1S/C18H36N2/c1-3-9-16-10-11-18(19-2)17(14-16)15-20-12-7-5-4-6-8-13-20/h16-19H,3-15H2,1-2H3. The van der Waals surface area contributed by atoms with Gasteiger partial charge in [0.05, 0.1) is 0 Å². The number of hydrogen-bond donors (Lipinski definition) is 1. The summed E-state index contributed by atoms with van der Waals surface area (Å²) >= 11 is 0. The Morgan fingerprint density at radius 3 is 2.35 bits per heavy atom. The highest BCUT2D eigenvalue weighted by Gasteiger charge is 2.30. The van der Waals surface area contributed by atoms with E-state index in [1.54, 1.807) is 0 Å². The van der Waals surface area contributed by atoms with Crippen molar-refractivity contribution in [2.75, 3.05) is 26.7 Å². The summed E-state index contributed by atoms with van der Waals surface area (Å²) in [6.45, 7) is 6.40. The summed E-state index contributed by atoms with van der Waals surface area (Å²) in [5.74, 6) is 1.90. The predicted octanol–water partition coefficient (Wildman–Crippen LogP) is 4.06. The predicted molar refractivity (Wildman–Crippen MR) is 88.1 cm³/mol. The van der Waals surface area contributed by atoms with Crippen LogP contribution in [0.1, 0.15) is 71.1 Å². The third kappa shape index (κ3) is 5.04. The maximum atomic E-state index is 3.61. The van der Waals surface area contributed by atoms with E-state index in [1.807, 2.05) is 0 Å². The molecule has 2 fully saturated rings. The highest BCUT2D eigenvalue weighted by Crippen LogP contribution is 2.33. The van der Waals surface area contributed by atoms with E-state index in [4.69, 9.17) is 0 Å². The molecule has 118 valence electrons. The van der Waals surface area contributed by atoms with Gasteiger partial charge in [0, 0.05) is 12.6 Å². The van der Waals surface area contributed by atoms with Gasteiger partial charge in [-0.1, -0.05) is 39.0 Å². The molecule has 0 aromatic carbocycles. The normalized spacial score (nSPS) is 33.6. The molecule has 2 rings (SSSR count). The quantitative estimate of drug-likeness (QED) is 0.817. The molecule has 1 N–H and O–H groups in total. The molecule has 1 aliphatic heterocycles. The molecule has 3 unspecified atom stereocenters. The second kappa shape index (κ2) is 9.04. The topological polar surface area (TPSA) is 15.3 Å². The highest BCUT2D eigenvalue weighted by atomic mass is 15.1. The van der Waals surface area contributed by atoms with E-state index in [9.17, 15) is 0 Å². The number of rotatable bonds is 5. The zero-order valence-corrected chi connectivity index (χ0v) is 13.9. The fourth-order valence-electron chi connectivity index (χ4n) is 4.44. The summed E-state index contributed by atoms with van der Waals surface area (Å²) in [4.78, 5) is 2.78. The molecule has 0 bridgehead atoms. The molecule has 3 atom stereocenters. The van der Waals surface area contributed by atoms with E-state index in [1.165, 1.54) is 83.8 Å². The van der Waals surface area contributed by atoms with Crippen molar-refractivity contribution in [2.24, 2.45) is 11.8 Å². The minimum Gasteiger partial charge on any atom is -0.317 e. The van der Waals surface area contributed by atoms with Gasteiger partial charge in [-0.2, -0.15) is 0 Å². The fraction of sp³-hybridized carbons (Fsp3) is 1.00. The van der Waals surface area contributed by atoms with Gasteiger partial charge in [-0.25, -0.2) is 0 Å². The Hall–Kier alpha value is -0.0800. The first-order valence-electron chi connectivity index (χ1n) is 9.23. The number of hydrogen-bond acceptors (Lipinski definition) is 2. The average molecular weight is 280 g/mol. The minimum absolute atomic E-state index is 0.772. The molecule has 0 spiro atoms. The molecule has 0 aromatic rings. The van der Waals surface area contributed by atoms with Crippen LogP contribution in [0.4, 0.5) is 0 Å². The summed E-state index contributed by atoms with van der Waals surface area (Å²) in [5.41, 5.74) is 0. The SMILES string of the molecule is CCCC1CCC(NC)C(CN2CCCCCCC2)C1. The highest BCUT2D eigenvalue weighted by molar-refractivity contribution is 4.86. The van der Waals surface area contributed by atoms with E-state index in [0.717, 1.165) is 17.9 Å². The van der Waals surface area contributed by atoms with Crippen LogP contribution in [0, 0.1) is 11.8 Å². The lowest BCUT2D eigenvalue weighted by molar-refractivity contribution is 0.133. The van der Waals surface area contributed by atoms with Crippen molar-refractivity contribution in [3.05, 3.63) is 0 Å². The Balaban J connectivity index is 1.85. The number of nitrogens with zero attached hydrogens (tertiary/aromatic N) is 1. The molecule has 1 saturated heterocycles. The zero-order chi connectivity index (χ0) is 14.2. The van der Waals surface area contributed by atoms with Gasteiger partial charge in [0.2, 0.25) is 0 Å². The third-order valence-corrected chi connectivity index (χ3v) is 5.60. The Labute approximate surface area is 126 Å². The van der Waals surface area contributed by atoms with Crippen LogP contribution in [0.2, 0.25) is 0 Å². The van der Waals surface area contributed by atoms with Crippen LogP contribution in [0.25, 0.3) is 0 Å². The molecule has 0 radical (unpaired) electrons. The molecule has 2 heteroatoms. The van der Waals surface area contributed by atoms with E-state index in [2.05, 4.69) is 24.2 Å². The van der Waals surface area contributed by atoms with Crippen molar-refractivity contribution in [1.82, 2.24) is 10.2 Å². The van der Waals surface area contributed by atoms with Crippen LogP contribution in [-0.2, 0) is 0 Å². The summed E-state index contributed by atoms with van der Waals surface area (Å²) in [6.07, 6.45) is 14.4. The second-order valence-electron chi connectivity index (χ2n) is 7.19. The van der Waals surface area contributed by atoms with Gasteiger partial charge in [0.15, 0.2) is 0 Å². The van der Waals surface area contributed by atoms with Crippen LogP contribution in [0.3, 0.4) is 0 Å². The van der Waals surface area contributed by atoms with Gasteiger partial charge in [0.25, 0.3) is 0 Å². The Bertz CT molecular complexity index is 246. The molecule has 0 amide bonds. The van der Waals surface area contributed by atoms with Crippen LogP contribution in [0.5, 0.6) is 0 Å². The van der Waals surface area contributed by atoms with Crippen LogP contribution in [-0.4, -0.2) is 37.6 Å². The molecule has 1 aliphatic carbocycles. The van der Waals surface area contributed by atoms with Crippen LogP contribution < -0.4 is 5.32 Å². The smallest absolute Gasteiger partial charge is 0.0105 e. The van der Waals surface area contributed by atoms with Gasteiger partial charge >= 0.3 is 0 Å². The van der Waals surface area contributed by atoms with Crippen molar-refractivity contribution in [2.45, 2.75) is 77.2 Å². The van der Waals surface area contributed by atoms with Crippen LogP contribution in [0.15, 0.2) is 0 Å². The van der Waals surface area contributed by atoms with Crippen molar-refractivity contribution >= 4 is 0 Å². The molecular weight excluding hydrogens is 244 g/mol. The fourth-order valence-corrected chi connectivity index (χ4v) is 4.44. The molecule has 2 aliphatic rings. The zero-order valence-electron chi connectivity index (χ0n) is 13.9. The molecular formula is C18H36N2. The molecule has 1 heterocycles. The van der Waals surface area contributed by atoms with Crippen molar-refractivity contribution in [3.63, 3.8) is 0 Å². The summed E-state index contributed by atoms with van der Waals surface area (Å²) in [5, 5.41) is 3.61. The van der Waals surface area contributed by atoms with Gasteiger partial charge < -0.3 is 10.2 Å². The Morgan fingerprint density at radius 2 is 1.70 bits per heavy atom. The van der Waals surface area contributed by atoms with Crippen LogP contribution >= 0.6 is 0 Å². The lowest BCUT2D eigenvalue weighted by Gasteiger charge is -2.39. The van der Waals surface area contributed by atoms with Gasteiger partial charge in [-0.15, -0.1) is 0 Å². The number of nitrogens with one attached hydrogen (secondary N) is 1. The first-order valence-corrected chi connectivity index (χ1v) is 9.23. The first-order chi connectivity index (χ1) is 9.83. The first kappa shape index (κ1) is 16.3. The molecule has 2 nitrogen and oxygen atoms in total. The van der Waals surface area contributed by atoms with Gasteiger partial charge in [0.1, 0.15) is 0 Å². The minimum atomic E-state index is 0.772. The van der Waals surface area contributed by atoms with Gasteiger partial charge in [-0.05, 0) is 64.1 Å². The maximum Gasteiger partial charge on any atom is 0.0105 e. The van der Waals surface area contributed by atoms with Crippen molar-refractivity contribution in [1.29, 1.82) is 0 Å². The number of likely N-dealkylation sites (tertiary alicyclic amines) is 1. The monoisotopic (exact) mass is 280 g/mol. The van der Waals surface area contributed by atoms with E-state index >= 15 is 0 Å². The Morgan fingerprint density at radius 1 is 1.00 bits per heavy atom. The Kier molecular flexibility index (Phi) is 7.37.